The molecule has 0 aliphatic carbocycles. The lowest BCUT2D eigenvalue weighted by molar-refractivity contribution is -0.121. The van der Waals surface area contributed by atoms with Crippen LogP contribution >= 0.6 is 0 Å². The minimum Gasteiger partial charge on any atom is -0.345 e. The van der Waals surface area contributed by atoms with E-state index in [9.17, 15) is 4.79 Å². The molecule has 0 aliphatic rings. The van der Waals surface area contributed by atoms with Crippen molar-refractivity contribution in [2.75, 3.05) is 0 Å². The van der Waals surface area contributed by atoms with Crippen molar-refractivity contribution < 1.29 is 4.79 Å². The molecular weight excluding hydrogens is 306 g/mol. The van der Waals surface area contributed by atoms with Gasteiger partial charge in [-0.1, -0.05) is 97.9 Å². The average Bonchev–Trinajstić information content (AvgIpc) is 2.68. The van der Waals surface area contributed by atoms with E-state index in [1.54, 1.807) is 0 Å². The van der Waals surface area contributed by atoms with E-state index in [4.69, 9.17) is 0 Å². The molecule has 1 unspecified atom stereocenters. The van der Waals surface area contributed by atoms with E-state index in [2.05, 4.69) is 48.6 Å². The highest BCUT2D eigenvalue weighted by atomic mass is 16.1. The number of nitrogens with one attached hydrogen (secondary N) is 1. The van der Waals surface area contributed by atoms with Crippen LogP contribution in [-0.4, -0.2) is 5.91 Å². The SMILES string of the molecule is CC(CC(=O)NC(c1ccccc1)c1ccccc1)c1ccccc1. The highest BCUT2D eigenvalue weighted by molar-refractivity contribution is 5.78. The Hall–Kier alpha value is -2.87. The van der Waals surface area contributed by atoms with Crippen LogP contribution in [-0.2, 0) is 4.79 Å². The lowest BCUT2D eigenvalue weighted by Gasteiger charge is -2.21. The molecule has 0 saturated carbocycles. The fraction of sp³-hybridized carbons (Fsp3) is 0.174. The summed E-state index contributed by atoms with van der Waals surface area (Å²) in [6, 6.07) is 30.3. The molecule has 0 fully saturated rings. The van der Waals surface area contributed by atoms with Crippen molar-refractivity contribution in [3.8, 4) is 0 Å². The summed E-state index contributed by atoms with van der Waals surface area (Å²) in [5, 5.41) is 3.21. The van der Waals surface area contributed by atoms with Crippen LogP contribution in [0.15, 0.2) is 91.0 Å². The van der Waals surface area contributed by atoms with Gasteiger partial charge in [-0.05, 0) is 22.6 Å². The zero-order valence-corrected chi connectivity index (χ0v) is 14.4. The van der Waals surface area contributed by atoms with Gasteiger partial charge in [-0.3, -0.25) is 4.79 Å². The van der Waals surface area contributed by atoms with Crippen molar-refractivity contribution >= 4 is 5.91 Å². The molecule has 0 saturated heterocycles. The number of hydrogen-bond acceptors (Lipinski definition) is 1. The van der Waals surface area contributed by atoms with Gasteiger partial charge in [0.2, 0.25) is 5.91 Å². The highest BCUT2D eigenvalue weighted by Gasteiger charge is 2.18. The first-order chi connectivity index (χ1) is 12.2. The molecule has 0 bridgehead atoms. The second kappa shape index (κ2) is 8.29. The normalized spacial score (nSPS) is 11.9. The maximum Gasteiger partial charge on any atom is 0.221 e. The van der Waals surface area contributed by atoms with Crippen molar-refractivity contribution in [2.45, 2.75) is 25.3 Å². The molecular formula is C23H23NO. The van der Waals surface area contributed by atoms with Crippen LogP contribution in [0.2, 0.25) is 0 Å². The number of benzene rings is 3. The molecule has 2 nitrogen and oxygen atoms in total. The van der Waals surface area contributed by atoms with Gasteiger partial charge in [-0.15, -0.1) is 0 Å². The van der Waals surface area contributed by atoms with Gasteiger partial charge in [0.1, 0.15) is 0 Å². The van der Waals surface area contributed by atoms with E-state index in [1.165, 1.54) is 5.56 Å². The number of carbonyl (C=O) groups is 1. The smallest absolute Gasteiger partial charge is 0.221 e. The van der Waals surface area contributed by atoms with Crippen LogP contribution in [0.1, 0.15) is 42.0 Å². The standard InChI is InChI=1S/C23H23NO/c1-18(19-11-5-2-6-12-19)17-22(25)24-23(20-13-7-3-8-14-20)21-15-9-4-10-16-21/h2-16,18,23H,17H2,1H3,(H,24,25). The van der Waals surface area contributed by atoms with Gasteiger partial charge in [0.25, 0.3) is 0 Å². The topological polar surface area (TPSA) is 29.1 Å². The summed E-state index contributed by atoms with van der Waals surface area (Å²) in [4.78, 5) is 12.7. The van der Waals surface area contributed by atoms with Crippen molar-refractivity contribution in [3.05, 3.63) is 108 Å². The molecule has 0 aromatic heterocycles. The average molecular weight is 329 g/mol. The predicted octanol–water partition coefficient (Wildman–Crippen LogP) is 5.09. The van der Waals surface area contributed by atoms with E-state index in [0.717, 1.165) is 11.1 Å². The van der Waals surface area contributed by atoms with Crippen LogP contribution in [0.4, 0.5) is 0 Å². The molecule has 0 heterocycles. The molecule has 1 atom stereocenters. The quantitative estimate of drug-likeness (QED) is 0.671. The minimum absolute atomic E-state index is 0.0639. The van der Waals surface area contributed by atoms with Gasteiger partial charge in [-0.2, -0.15) is 0 Å². The van der Waals surface area contributed by atoms with E-state index in [0.29, 0.717) is 6.42 Å². The third-order valence-electron chi connectivity index (χ3n) is 4.43. The third-order valence-corrected chi connectivity index (χ3v) is 4.43. The van der Waals surface area contributed by atoms with E-state index >= 15 is 0 Å². The fourth-order valence-corrected chi connectivity index (χ4v) is 3.05. The molecule has 1 N–H and O–H groups in total. The summed E-state index contributed by atoms with van der Waals surface area (Å²) < 4.78 is 0. The summed E-state index contributed by atoms with van der Waals surface area (Å²) in [6.45, 7) is 2.09. The number of amides is 1. The van der Waals surface area contributed by atoms with Crippen LogP contribution in [0.5, 0.6) is 0 Å². The number of carbonyl (C=O) groups excluding carboxylic acids is 1. The number of rotatable bonds is 6. The molecule has 0 spiro atoms. The van der Waals surface area contributed by atoms with Crippen LogP contribution in [0, 0.1) is 0 Å². The monoisotopic (exact) mass is 329 g/mol. The first-order valence-electron chi connectivity index (χ1n) is 8.68. The second-order valence-electron chi connectivity index (χ2n) is 6.34. The highest BCUT2D eigenvalue weighted by Crippen LogP contribution is 2.23. The van der Waals surface area contributed by atoms with Crippen molar-refractivity contribution in [3.63, 3.8) is 0 Å². The van der Waals surface area contributed by atoms with Crippen LogP contribution < -0.4 is 5.32 Å². The first-order valence-corrected chi connectivity index (χ1v) is 8.68. The van der Waals surface area contributed by atoms with Gasteiger partial charge >= 0.3 is 0 Å². The molecule has 0 aliphatic heterocycles. The van der Waals surface area contributed by atoms with Crippen LogP contribution in [0.25, 0.3) is 0 Å². The van der Waals surface area contributed by atoms with Crippen molar-refractivity contribution in [1.29, 1.82) is 0 Å². The zero-order chi connectivity index (χ0) is 17.5. The van der Waals surface area contributed by atoms with Gasteiger partial charge in [0.15, 0.2) is 0 Å². The Balaban J connectivity index is 1.75. The molecule has 3 rings (SSSR count). The largest absolute Gasteiger partial charge is 0.345 e. The van der Waals surface area contributed by atoms with E-state index < -0.39 is 0 Å². The van der Waals surface area contributed by atoms with Crippen molar-refractivity contribution in [1.82, 2.24) is 5.32 Å². The molecule has 3 aromatic rings. The number of hydrogen-bond donors (Lipinski definition) is 1. The zero-order valence-electron chi connectivity index (χ0n) is 14.4. The lowest BCUT2D eigenvalue weighted by Crippen LogP contribution is -2.30. The minimum atomic E-state index is -0.127. The van der Waals surface area contributed by atoms with E-state index in [1.807, 2.05) is 54.6 Å². The summed E-state index contributed by atoms with van der Waals surface area (Å²) in [7, 11) is 0. The third kappa shape index (κ3) is 4.57. The molecule has 0 radical (unpaired) electrons. The maximum atomic E-state index is 12.7. The summed E-state index contributed by atoms with van der Waals surface area (Å²) in [5.41, 5.74) is 3.37. The Morgan fingerprint density at radius 2 is 1.12 bits per heavy atom. The fourth-order valence-electron chi connectivity index (χ4n) is 3.05. The Bertz CT molecular complexity index is 745. The predicted molar refractivity (Wildman–Crippen MR) is 102 cm³/mol. The van der Waals surface area contributed by atoms with E-state index in [-0.39, 0.29) is 17.9 Å². The Morgan fingerprint density at radius 1 is 0.720 bits per heavy atom. The molecule has 25 heavy (non-hydrogen) atoms. The maximum absolute atomic E-state index is 12.7. The summed E-state index contributed by atoms with van der Waals surface area (Å²) in [5.74, 6) is 0.252. The molecule has 1 amide bonds. The summed E-state index contributed by atoms with van der Waals surface area (Å²) in [6.07, 6.45) is 0.472. The lowest BCUT2D eigenvalue weighted by atomic mass is 9.95. The molecule has 3 aromatic carbocycles. The first kappa shape index (κ1) is 17.0. The Kier molecular flexibility index (Phi) is 5.63. The Labute approximate surface area is 149 Å². The molecule has 126 valence electrons. The van der Waals surface area contributed by atoms with Gasteiger partial charge in [0, 0.05) is 6.42 Å². The summed E-state index contributed by atoms with van der Waals surface area (Å²) >= 11 is 0. The Morgan fingerprint density at radius 3 is 1.56 bits per heavy atom. The van der Waals surface area contributed by atoms with Crippen LogP contribution in [0.3, 0.4) is 0 Å². The van der Waals surface area contributed by atoms with Gasteiger partial charge < -0.3 is 5.32 Å². The van der Waals surface area contributed by atoms with Gasteiger partial charge in [0.05, 0.1) is 6.04 Å². The van der Waals surface area contributed by atoms with Crippen molar-refractivity contribution in [2.24, 2.45) is 0 Å². The molecule has 2 heteroatoms. The van der Waals surface area contributed by atoms with Gasteiger partial charge in [-0.25, -0.2) is 0 Å². The second-order valence-corrected chi connectivity index (χ2v) is 6.34.